The van der Waals surface area contributed by atoms with E-state index >= 15 is 0 Å². The Balaban J connectivity index is 1.77. The molecule has 1 aliphatic carbocycles. The molecular weight excluding hydrogens is 384 g/mol. The first-order chi connectivity index (χ1) is 14.0. The second-order valence-corrected chi connectivity index (χ2v) is 9.46. The molecule has 160 valence electrons. The van der Waals surface area contributed by atoms with Gasteiger partial charge in [0.05, 0.1) is 12.0 Å². The molecule has 2 atom stereocenters. The number of carbonyl (C=O) groups is 2. The highest BCUT2D eigenvalue weighted by atomic mass is 32.2. The fourth-order valence-corrected chi connectivity index (χ4v) is 5.92. The lowest BCUT2D eigenvalue weighted by Gasteiger charge is -2.35. The van der Waals surface area contributed by atoms with Crippen molar-refractivity contribution in [2.75, 3.05) is 17.7 Å². The summed E-state index contributed by atoms with van der Waals surface area (Å²) < 4.78 is 5.50. The van der Waals surface area contributed by atoms with Crippen molar-refractivity contribution < 1.29 is 14.3 Å². The molecule has 2 fully saturated rings. The average Bonchev–Trinajstić information content (AvgIpc) is 3.16. The number of esters is 1. The molecular formula is C23H34N2O3S. The Bertz CT molecular complexity index is 718. The molecule has 29 heavy (non-hydrogen) atoms. The normalized spacial score (nSPS) is 22.5. The van der Waals surface area contributed by atoms with Gasteiger partial charge in [-0.2, -0.15) is 0 Å². The topological polar surface area (TPSA) is 58.6 Å². The van der Waals surface area contributed by atoms with E-state index in [-0.39, 0.29) is 17.4 Å². The first-order valence-electron chi connectivity index (χ1n) is 11.0. The maximum Gasteiger partial charge on any atom is 0.329 e. The third-order valence-corrected chi connectivity index (χ3v) is 7.42. The van der Waals surface area contributed by atoms with Gasteiger partial charge in [-0.1, -0.05) is 50.3 Å². The molecule has 1 aromatic rings. The highest BCUT2D eigenvalue weighted by Gasteiger charge is 2.45. The summed E-state index contributed by atoms with van der Waals surface area (Å²) >= 11 is 1.74. The SMILES string of the molecule is CCCCOC(=O)[C@@H]1CS[C@H](C2CCCCC2)N1C(=O)Nc1ccc(C)cc1C. The minimum Gasteiger partial charge on any atom is -0.464 e. The van der Waals surface area contributed by atoms with Crippen LogP contribution in [0.4, 0.5) is 10.5 Å². The van der Waals surface area contributed by atoms with Crippen molar-refractivity contribution >= 4 is 29.4 Å². The number of unbranched alkanes of at least 4 members (excludes halogenated alkanes) is 1. The lowest BCUT2D eigenvalue weighted by Crippen LogP contribution is -2.50. The van der Waals surface area contributed by atoms with Crippen LogP contribution in [-0.2, 0) is 9.53 Å². The van der Waals surface area contributed by atoms with Gasteiger partial charge in [-0.05, 0) is 50.7 Å². The van der Waals surface area contributed by atoms with Crippen molar-refractivity contribution in [3.8, 4) is 0 Å². The molecule has 0 radical (unpaired) electrons. The zero-order chi connectivity index (χ0) is 20.8. The zero-order valence-electron chi connectivity index (χ0n) is 17.9. The van der Waals surface area contributed by atoms with Crippen LogP contribution in [0.3, 0.4) is 0 Å². The van der Waals surface area contributed by atoms with Gasteiger partial charge < -0.3 is 10.1 Å². The van der Waals surface area contributed by atoms with E-state index in [4.69, 9.17) is 4.74 Å². The van der Waals surface area contributed by atoms with Crippen LogP contribution in [0.5, 0.6) is 0 Å². The van der Waals surface area contributed by atoms with Crippen molar-refractivity contribution in [3.05, 3.63) is 29.3 Å². The average molecular weight is 419 g/mol. The number of nitrogens with one attached hydrogen (secondary N) is 1. The number of hydrogen-bond acceptors (Lipinski definition) is 4. The molecule has 1 aliphatic heterocycles. The fraction of sp³-hybridized carbons (Fsp3) is 0.652. The van der Waals surface area contributed by atoms with Gasteiger partial charge in [-0.25, -0.2) is 9.59 Å². The number of carbonyl (C=O) groups excluding carboxylic acids is 2. The molecule has 2 amide bonds. The molecule has 0 bridgehead atoms. The first kappa shape index (κ1) is 22.0. The number of rotatable bonds is 6. The number of ether oxygens (including phenoxy) is 1. The summed E-state index contributed by atoms with van der Waals surface area (Å²) in [6.07, 6.45) is 7.77. The van der Waals surface area contributed by atoms with Gasteiger partial charge in [0.25, 0.3) is 0 Å². The van der Waals surface area contributed by atoms with Crippen molar-refractivity contribution in [3.63, 3.8) is 0 Å². The molecule has 3 rings (SSSR count). The Hall–Kier alpha value is -1.69. The van der Waals surface area contributed by atoms with E-state index in [2.05, 4.69) is 18.3 Å². The lowest BCUT2D eigenvalue weighted by molar-refractivity contribution is -0.148. The second-order valence-electron chi connectivity index (χ2n) is 8.31. The van der Waals surface area contributed by atoms with E-state index < -0.39 is 6.04 Å². The number of anilines is 1. The standard InChI is InChI=1S/C23H34N2O3S/c1-4-5-13-28-22(26)20-15-29-21(18-9-7-6-8-10-18)25(20)23(27)24-19-12-11-16(2)14-17(19)3/h11-12,14,18,20-21H,4-10,13,15H2,1-3H3,(H,24,27)/t20-,21+/m0/s1. The monoisotopic (exact) mass is 418 g/mol. The molecule has 1 aromatic carbocycles. The summed E-state index contributed by atoms with van der Waals surface area (Å²) in [6, 6.07) is 5.31. The molecule has 1 heterocycles. The van der Waals surface area contributed by atoms with Gasteiger partial charge in [0, 0.05) is 11.4 Å². The van der Waals surface area contributed by atoms with Gasteiger partial charge in [-0.15, -0.1) is 11.8 Å². The minimum atomic E-state index is -0.505. The molecule has 0 unspecified atom stereocenters. The molecule has 1 saturated carbocycles. The summed E-state index contributed by atoms with van der Waals surface area (Å²) in [7, 11) is 0. The Morgan fingerprint density at radius 2 is 1.97 bits per heavy atom. The maximum atomic E-state index is 13.3. The zero-order valence-corrected chi connectivity index (χ0v) is 18.7. The Labute approximate surface area is 178 Å². The van der Waals surface area contributed by atoms with E-state index in [1.807, 2.05) is 26.0 Å². The van der Waals surface area contributed by atoms with E-state index in [1.54, 1.807) is 16.7 Å². The number of aryl methyl sites for hydroxylation is 2. The summed E-state index contributed by atoms with van der Waals surface area (Å²) in [5, 5.41) is 3.11. The van der Waals surface area contributed by atoms with Gasteiger partial charge >= 0.3 is 12.0 Å². The number of thioether (sulfide) groups is 1. The highest BCUT2D eigenvalue weighted by Crippen LogP contribution is 2.41. The summed E-state index contributed by atoms with van der Waals surface area (Å²) in [5.74, 6) is 0.805. The molecule has 0 spiro atoms. The number of hydrogen-bond donors (Lipinski definition) is 1. The number of benzene rings is 1. The second kappa shape index (κ2) is 10.4. The van der Waals surface area contributed by atoms with Crippen LogP contribution in [0.1, 0.15) is 63.0 Å². The third-order valence-electron chi connectivity index (χ3n) is 5.96. The lowest BCUT2D eigenvalue weighted by atomic mass is 9.88. The van der Waals surface area contributed by atoms with Gasteiger partial charge in [0.2, 0.25) is 0 Å². The smallest absolute Gasteiger partial charge is 0.329 e. The van der Waals surface area contributed by atoms with E-state index in [9.17, 15) is 9.59 Å². The Morgan fingerprint density at radius 1 is 1.21 bits per heavy atom. The summed E-state index contributed by atoms with van der Waals surface area (Å²) in [6.45, 7) is 6.53. The van der Waals surface area contributed by atoms with Crippen molar-refractivity contribution in [1.82, 2.24) is 4.90 Å². The van der Waals surface area contributed by atoms with E-state index in [1.165, 1.54) is 19.3 Å². The molecule has 1 saturated heterocycles. The molecule has 1 N–H and O–H groups in total. The fourth-order valence-electron chi connectivity index (χ4n) is 4.30. The number of amides is 2. The molecule has 5 nitrogen and oxygen atoms in total. The quantitative estimate of drug-likeness (QED) is 0.489. The van der Waals surface area contributed by atoms with Gasteiger partial charge in [-0.3, -0.25) is 4.90 Å². The third kappa shape index (κ3) is 5.47. The maximum absolute atomic E-state index is 13.3. The van der Waals surface area contributed by atoms with Crippen LogP contribution in [0, 0.1) is 19.8 Å². The summed E-state index contributed by atoms with van der Waals surface area (Å²) in [4.78, 5) is 27.9. The van der Waals surface area contributed by atoms with Gasteiger partial charge in [0.15, 0.2) is 0 Å². The molecule has 2 aliphatic rings. The minimum absolute atomic E-state index is 0.0461. The van der Waals surface area contributed by atoms with Crippen molar-refractivity contribution in [2.24, 2.45) is 5.92 Å². The van der Waals surface area contributed by atoms with Gasteiger partial charge in [0.1, 0.15) is 6.04 Å². The predicted molar refractivity (Wildman–Crippen MR) is 119 cm³/mol. The Kier molecular flexibility index (Phi) is 7.87. The van der Waals surface area contributed by atoms with E-state index in [0.717, 1.165) is 42.5 Å². The van der Waals surface area contributed by atoms with Crippen LogP contribution >= 0.6 is 11.8 Å². The number of nitrogens with zero attached hydrogens (tertiary/aromatic N) is 1. The molecule has 6 heteroatoms. The van der Waals surface area contributed by atoms with E-state index in [0.29, 0.717) is 18.3 Å². The van der Waals surface area contributed by atoms with Crippen LogP contribution in [0.15, 0.2) is 18.2 Å². The predicted octanol–water partition coefficient (Wildman–Crippen LogP) is 5.50. The number of urea groups is 1. The van der Waals surface area contributed by atoms with Crippen LogP contribution in [0.2, 0.25) is 0 Å². The largest absolute Gasteiger partial charge is 0.464 e. The summed E-state index contributed by atoms with van der Waals surface area (Å²) in [5.41, 5.74) is 2.99. The molecule has 0 aromatic heterocycles. The van der Waals surface area contributed by atoms with Crippen LogP contribution in [0.25, 0.3) is 0 Å². The first-order valence-corrected chi connectivity index (χ1v) is 12.0. The van der Waals surface area contributed by atoms with Crippen molar-refractivity contribution in [1.29, 1.82) is 0 Å². The van der Waals surface area contributed by atoms with Crippen molar-refractivity contribution in [2.45, 2.75) is 77.1 Å². The van der Waals surface area contributed by atoms with Crippen LogP contribution < -0.4 is 5.32 Å². The Morgan fingerprint density at radius 3 is 2.66 bits per heavy atom. The highest BCUT2D eigenvalue weighted by molar-refractivity contribution is 8.00. The van der Waals surface area contributed by atoms with Crippen LogP contribution in [-0.4, -0.2) is 40.7 Å².